The maximum absolute atomic E-state index is 5.98. The van der Waals surface area contributed by atoms with Gasteiger partial charge in [0.15, 0.2) is 12.1 Å². The van der Waals surface area contributed by atoms with Crippen molar-refractivity contribution in [1.82, 2.24) is 5.32 Å². The van der Waals surface area contributed by atoms with Crippen molar-refractivity contribution in [2.45, 2.75) is 12.6 Å². The molecule has 1 aliphatic rings. The van der Waals surface area contributed by atoms with E-state index in [0.29, 0.717) is 23.4 Å². The lowest BCUT2D eigenvalue weighted by atomic mass is 10.1. The summed E-state index contributed by atoms with van der Waals surface area (Å²) in [6.07, 6.45) is 0.453. The SMILES string of the molecule is Cl.NC1=NC(Cc2ccccc2)N=C(Nc2cccc(Cl)c2)N1. The summed E-state index contributed by atoms with van der Waals surface area (Å²) in [6, 6.07) is 17.5. The molecule has 2 aromatic carbocycles. The summed E-state index contributed by atoms with van der Waals surface area (Å²) in [7, 11) is 0. The highest BCUT2D eigenvalue weighted by Gasteiger charge is 2.15. The first-order valence-electron chi connectivity index (χ1n) is 6.94. The minimum absolute atomic E-state index is 0. The van der Waals surface area contributed by atoms with Crippen molar-refractivity contribution in [1.29, 1.82) is 0 Å². The Balaban J connectivity index is 0.00000192. The molecule has 23 heavy (non-hydrogen) atoms. The van der Waals surface area contributed by atoms with Crippen LogP contribution in [0.4, 0.5) is 5.69 Å². The summed E-state index contributed by atoms with van der Waals surface area (Å²) in [5, 5.41) is 6.74. The van der Waals surface area contributed by atoms with E-state index >= 15 is 0 Å². The molecule has 0 fully saturated rings. The van der Waals surface area contributed by atoms with Crippen molar-refractivity contribution in [3.63, 3.8) is 0 Å². The van der Waals surface area contributed by atoms with Gasteiger partial charge in [0.2, 0.25) is 5.96 Å². The van der Waals surface area contributed by atoms with Crippen LogP contribution >= 0.6 is 24.0 Å². The predicted molar refractivity (Wildman–Crippen MR) is 98.4 cm³/mol. The van der Waals surface area contributed by atoms with Gasteiger partial charge in [-0.25, -0.2) is 9.98 Å². The smallest absolute Gasteiger partial charge is 0.204 e. The van der Waals surface area contributed by atoms with Gasteiger partial charge in [-0.2, -0.15) is 0 Å². The van der Waals surface area contributed by atoms with Crippen molar-refractivity contribution < 1.29 is 0 Å². The standard InChI is InChI=1S/C16H16ClN5.ClH/c17-12-7-4-8-13(10-12)19-16-21-14(20-15(18)22-16)9-11-5-2-1-3-6-11;/h1-8,10,14H,9H2,(H4,18,19,20,21,22);1H. The van der Waals surface area contributed by atoms with E-state index in [1.54, 1.807) is 0 Å². The van der Waals surface area contributed by atoms with Crippen molar-refractivity contribution in [3.8, 4) is 0 Å². The summed E-state index contributed by atoms with van der Waals surface area (Å²) >= 11 is 5.98. The van der Waals surface area contributed by atoms with Crippen molar-refractivity contribution in [2.75, 3.05) is 5.32 Å². The molecule has 0 saturated heterocycles. The zero-order chi connectivity index (χ0) is 15.4. The average Bonchev–Trinajstić information content (AvgIpc) is 2.47. The highest BCUT2D eigenvalue weighted by Crippen LogP contribution is 2.15. The van der Waals surface area contributed by atoms with Crippen LogP contribution in [0, 0.1) is 0 Å². The van der Waals surface area contributed by atoms with Crippen molar-refractivity contribution >= 4 is 41.6 Å². The molecule has 0 aromatic heterocycles. The molecule has 1 unspecified atom stereocenters. The number of nitrogens with one attached hydrogen (secondary N) is 2. The number of rotatable bonds is 3. The van der Waals surface area contributed by atoms with Crippen LogP contribution in [0.5, 0.6) is 0 Å². The second-order valence-electron chi connectivity index (χ2n) is 4.92. The minimum atomic E-state index is -0.245. The van der Waals surface area contributed by atoms with Crippen LogP contribution in [0.1, 0.15) is 5.56 Å². The summed E-state index contributed by atoms with van der Waals surface area (Å²) in [6.45, 7) is 0. The van der Waals surface area contributed by atoms with E-state index in [1.165, 1.54) is 0 Å². The topological polar surface area (TPSA) is 74.8 Å². The van der Waals surface area contributed by atoms with E-state index in [9.17, 15) is 0 Å². The average molecular weight is 350 g/mol. The number of aliphatic imine (C=N–C) groups is 2. The molecule has 0 aliphatic carbocycles. The Hall–Kier alpha value is -2.24. The molecule has 0 amide bonds. The number of nitrogens with two attached hydrogens (primary N) is 1. The monoisotopic (exact) mass is 349 g/mol. The number of anilines is 1. The fourth-order valence-corrected chi connectivity index (χ4v) is 2.40. The van der Waals surface area contributed by atoms with E-state index in [4.69, 9.17) is 17.3 Å². The number of halogens is 2. The zero-order valence-electron chi connectivity index (χ0n) is 12.2. The molecule has 0 radical (unpaired) electrons. The molecule has 1 aliphatic heterocycles. The molecule has 3 rings (SSSR count). The summed E-state index contributed by atoms with van der Waals surface area (Å²) < 4.78 is 0. The van der Waals surface area contributed by atoms with Crippen molar-refractivity contribution in [3.05, 3.63) is 65.2 Å². The van der Waals surface area contributed by atoms with Crippen LogP contribution in [-0.4, -0.2) is 18.1 Å². The largest absolute Gasteiger partial charge is 0.370 e. The molecular weight excluding hydrogens is 333 g/mol. The Kier molecular flexibility index (Phi) is 5.84. The van der Waals surface area contributed by atoms with Gasteiger partial charge in [0, 0.05) is 17.1 Å². The molecule has 0 bridgehead atoms. The van der Waals surface area contributed by atoms with Crippen LogP contribution in [-0.2, 0) is 6.42 Å². The molecule has 7 heteroatoms. The van der Waals surface area contributed by atoms with E-state index in [2.05, 4.69) is 20.6 Å². The minimum Gasteiger partial charge on any atom is -0.370 e. The quantitative estimate of drug-likeness (QED) is 0.797. The molecular formula is C16H17Cl2N5. The number of hydrogen-bond acceptors (Lipinski definition) is 5. The molecule has 120 valence electrons. The highest BCUT2D eigenvalue weighted by atomic mass is 35.5. The third-order valence-corrected chi connectivity index (χ3v) is 3.40. The van der Waals surface area contributed by atoms with Crippen LogP contribution < -0.4 is 16.4 Å². The first-order chi connectivity index (χ1) is 10.7. The van der Waals surface area contributed by atoms with Gasteiger partial charge in [-0.3, -0.25) is 5.32 Å². The Bertz CT molecular complexity index is 715. The lowest BCUT2D eigenvalue weighted by Crippen LogP contribution is -2.45. The molecule has 0 saturated carbocycles. The third kappa shape index (κ3) is 4.87. The van der Waals surface area contributed by atoms with Gasteiger partial charge in [0.25, 0.3) is 0 Å². The Labute approximate surface area is 146 Å². The van der Waals surface area contributed by atoms with E-state index < -0.39 is 0 Å². The van der Waals surface area contributed by atoms with E-state index in [-0.39, 0.29) is 18.6 Å². The van der Waals surface area contributed by atoms with Crippen LogP contribution in [0.3, 0.4) is 0 Å². The number of hydrogen-bond donors (Lipinski definition) is 3. The fraction of sp³-hybridized carbons (Fsp3) is 0.125. The van der Waals surface area contributed by atoms with Gasteiger partial charge in [-0.1, -0.05) is 48.0 Å². The van der Waals surface area contributed by atoms with E-state index in [0.717, 1.165) is 11.3 Å². The summed E-state index contributed by atoms with van der Waals surface area (Å²) in [5.74, 6) is 0.913. The Morgan fingerprint density at radius 1 is 1.09 bits per heavy atom. The first kappa shape index (κ1) is 17.1. The molecule has 1 heterocycles. The molecule has 2 aromatic rings. The molecule has 1 atom stereocenters. The molecule has 0 spiro atoms. The number of nitrogens with zero attached hydrogens (tertiary/aromatic N) is 2. The second-order valence-corrected chi connectivity index (χ2v) is 5.36. The van der Waals surface area contributed by atoms with Gasteiger partial charge >= 0.3 is 0 Å². The second kappa shape index (κ2) is 7.85. The molecule has 5 nitrogen and oxygen atoms in total. The maximum Gasteiger partial charge on any atom is 0.204 e. The van der Waals surface area contributed by atoms with Gasteiger partial charge in [-0.05, 0) is 23.8 Å². The zero-order valence-corrected chi connectivity index (χ0v) is 13.8. The van der Waals surface area contributed by atoms with Crippen LogP contribution in [0.2, 0.25) is 5.02 Å². The van der Waals surface area contributed by atoms with Crippen LogP contribution in [0.15, 0.2) is 64.6 Å². The van der Waals surface area contributed by atoms with Gasteiger partial charge in [0.1, 0.15) is 0 Å². The fourth-order valence-electron chi connectivity index (χ4n) is 2.21. The van der Waals surface area contributed by atoms with Gasteiger partial charge in [-0.15, -0.1) is 12.4 Å². The Morgan fingerprint density at radius 2 is 1.87 bits per heavy atom. The number of guanidine groups is 2. The lowest BCUT2D eigenvalue weighted by molar-refractivity contribution is 0.689. The van der Waals surface area contributed by atoms with Gasteiger partial charge in [0.05, 0.1) is 0 Å². The molecule has 4 N–H and O–H groups in total. The summed E-state index contributed by atoms with van der Waals surface area (Å²) in [4.78, 5) is 8.85. The maximum atomic E-state index is 5.98. The third-order valence-electron chi connectivity index (χ3n) is 3.16. The predicted octanol–water partition coefficient (Wildman–Crippen LogP) is 3.02. The number of benzene rings is 2. The van der Waals surface area contributed by atoms with Crippen molar-refractivity contribution in [2.24, 2.45) is 15.7 Å². The van der Waals surface area contributed by atoms with E-state index in [1.807, 2.05) is 54.6 Å². The normalized spacial score (nSPS) is 16.5. The van der Waals surface area contributed by atoms with Crippen LogP contribution in [0.25, 0.3) is 0 Å². The Morgan fingerprint density at radius 3 is 2.61 bits per heavy atom. The highest BCUT2D eigenvalue weighted by molar-refractivity contribution is 6.30. The lowest BCUT2D eigenvalue weighted by Gasteiger charge is -2.20. The van der Waals surface area contributed by atoms with Gasteiger partial charge < -0.3 is 11.1 Å². The first-order valence-corrected chi connectivity index (χ1v) is 7.31. The summed E-state index contributed by atoms with van der Waals surface area (Å²) in [5.41, 5.74) is 7.85.